The van der Waals surface area contributed by atoms with Crippen LogP contribution in [0.25, 0.3) is 10.9 Å². The van der Waals surface area contributed by atoms with Crippen LogP contribution in [0.3, 0.4) is 0 Å². The lowest BCUT2D eigenvalue weighted by Crippen LogP contribution is -2.48. The number of rotatable bonds is 6. The summed E-state index contributed by atoms with van der Waals surface area (Å²) in [6, 6.07) is 23.3. The monoisotopic (exact) mass is 520 g/mol. The number of carbonyl (C=O) groups excluding carboxylic acids is 1. The number of amides is 1. The average Bonchev–Trinajstić information content (AvgIpc) is 2.90. The Morgan fingerprint density at radius 3 is 2.42 bits per heavy atom. The number of aromatic nitrogens is 1. The van der Waals surface area contributed by atoms with Crippen molar-refractivity contribution >= 4 is 46.9 Å². The Labute approximate surface area is 214 Å². The van der Waals surface area contributed by atoms with Crippen LogP contribution in [0.15, 0.2) is 85.1 Å². The number of anilines is 1. The van der Waals surface area contributed by atoms with Gasteiger partial charge in [-0.2, -0.15) is 0 Å². The van der Waals surface area contributed by atoms with Crippen molar-refractivity contribution in [3.8, 4) is 0 Å². The van der Waals surface area contributed by atoms with Crippen molar-refractivity contribution in [1.82, 2.24) is 14.8 Å². The average molecular weight is 521 g/mol. The molecule has 0 aliphatic carbocycles. The van der Waals surface area contributed by atoms with Crippen molar-refractivity contribution in [3.63, 3.8) is 0 Å². The molecular weight excluding hydrogens is 495 g/mol. The van der Waals surface area contributed by atoms with E-state index in [1.54, 1.807) is 48.7 Å². The number of piperazine rings is 1. The second-order valence-electron chi connectivity index (χ2n) is 8.78. The van der Waals surface area contributed by atoms with Crippen molar-refractivity contribution in [1.29, 1.82) is 0 Å². The van der Waals surface area contributed by atoms with Gasteiger partial charge in [-0.05, 0) is 48.0 Å². The number of hydrogen-bond donors (Lipinski definition) is 2. The highest BCUT2D eigenvalue weighted by atomic mass is 35.5. The molecule has 2 heterocycles. The van der Waals surface area contributed by atoms with Gasteiger partial charge in [0.05, 0.1) is 10.8 Å². The van der Waals surface area contributed by atoms with E-state index in [0.717, 1.165) is 35.6 Å². The lowest BCUT2D eigenvalue weighted by molar-refractivity contribution is 0.0628. The number of fused-ring (bicyclic) bond motifs is 1. The number of pyridine rings is 1. The van der Waals surface area contributed by atoms with Gasteiger partial charge in [0.1, 0.15) is 0 Å². The van der Waals surface area contributed by atoms with E-state index in [1.165, 1.54) is 0 Å². The molecule has 0 bridgehead atoms. The molecule has 0 spiro atoms. The summed E-state index contributed by atoms with van der Waals surface area (Å²) in [4.78, 5) is 32.2. The molecule has 7 nitrogen and oxygen atoms in total. The highest BCUT2D eigenvalue weighted by molar-refractivity contribution is 7.68. The van der Waals surface area contributed by atoms with Crippen LogP contribution in [0.1, 0.15) is 15.9 Å². The number of nitrogens with zero attached hydrogens (tertiary/aromatic N) is 3. The molecule has 9 heteroatoms. The minimum absolute atomic E-state index is 0.0515. The number of nitrogens with one attached hydrogen (secondary N) is 1. The third-order valence-corrected chi connectivity index (χ3v) is 8.31. The number of para-hydroxylation sites is 1. The molecule has 1 saturated heterocycles. The van der Waals surface area contributed by atoms with Gasteiger partial charge in [0.2, 0.25) is 0 Å². The molecular formula is C27H26ClN4O3P. The Morgan fingerprint density at radius 1 is 0.944 bits per heavy atom. The van der Waals surface area contributed by atoms with Crippen LogP contribution >= 0.6 is 19.1 Å². The molecule has 5 rings (SSSR count). The lowest BCUT2D eigenvalue weighted by atomic mass is 10.1. The van der Waals surface area contributed by atoms with Crippen molar-refractivity contribution in [2.45, 2.75) is 6.54 Å². The first kappa shape index (κ1) is 24.5. The van der Waals surface area contributed by atoms with Gasteiger partial charge in [-0.1, -0.05) is 48.0 Å². The van der Waals surface area contributed by atoms with Gasteiger partial charge in [-0.25, -0.2) is 0 Å². The molecule has 0 radical (unpaired) electrons. The molecule has 1 amide bonds. The molecule has 1 aliphatic rings. The molecule has 0 saturated carbocycles. The van der Waals surface area contributed by atoms with Crippen LogP contribution in [-0.2, 0) is 11.1 Å². The minimum Gasteiger partial charge on any atom is -0.336 e. The van der Waals surface area contributed by atoms with Gasteiger partial charge in [-0.15, -0.1) is 0 Å². The van der Waals surface area contributed by atoms with E-state index in [4.69, 9.17) is 11.6 Å². The largest absolute Gasteiger partial charge is 0.336 e. The zero-order valence-electron chi connectivity index (χ0n) is 19.5. The Hall–Kier alpha value is -3.22. The summed E-state index contributed by atoms with van der Waals surface area (Å²) in [5.74, 6) is -0.0515. The van der Waals surface area contributed by atoms with Gasteiger partial charge in [0.25, 0.3) is 5.91 Å². The quantitative estimate of drug-likeness (QED) is 0.356. The Balaban J connectivity index is 1.21. The van der Waals surface area contributed by atoms with E-state index >= 15 is 0 Å². The summed E-state index contributed by atoms with van der Waals surface area (Å²) >= 11 is 6.28. The first-order chi connectivity index (χ1) is 17.4. The van der Waals surface area contributed by atoms with Crippen LogP contribution in [0.2, 0.25) is 5.02 Å². The van der Waals surface area contributed by atoms with Gasteiger partial charge >= 0.3 is 7.52 Å². The summed E-state index contributed by atoms with van der Waals surface area (Å²) in [5, 5.41) is 4.53. The molecule has 36 heavy (non-hydrogen) atoms. The summed E-state index contributed by atoms with van der Waals surface area (Å²) in [6.45, 7) is 3.55. The van der Waals surface area contributed by atoms with Crippen LogP contribution in [0.4, 0.5) is 5.69 Å². The predicted octanol–water partition coefficient (Wildman–Crippen LogP) is 4.77. The van der Waals surface area contributed by atoms with Crippen molar-refractivity contribution in [2.24, 2.45) is 0 Å². The number of hydrogen-bond acceptors (Lipinski definition) is 4. The minimum atomic E-state index is -3.94. The fourth-order valence-electron chi connectivity index (χ4n) is 4.41. The Morgan fingerprint density at radius 2 is 1.67 bits per heavy atom. The highest BCUT2D eigenvalue weighted by Gasteiger charge is 2.26. The zero-order valence-corrected chi connectivity index (χ0v) is 21.2. The van der Waals surface area contributed by atoms with Crippen molar-refractivity contribution in [2.75, 3.05) is 31.3 Å². The normalized spacial score (nSPS) is 16.0. The molecule has 1 aromatic heterocycles. The van der Waals surface area contributed by atoms with Crippen LogP contribution in [0.5, 0.6) is 0 Å². The van der Waals surface area contributed by atoms with E-state index in [2.05, 4.69) is 15.0 Å². The maximum absolute atomic E-state index is 13.2. The lowest BCUT2D eigenvalue weighted by Gasteiger charge is -2.35. The van der Waals surface area contributed by atoms with Crippen LogP contribution in [-0.4, -0.2) is 51.8 Å². The molecule has 2 N–H and O–H groups in total. The highest BCUT2D eigenvalue weighted by Crippen LogP contribution is 2.41. The fourth-order valence-corrected chi connectivity index (χ4v) is 5.99. The molecule has 1 unspecified atom stereocenters. The SMILES string of the molecule is O=C(c1ccc(NP(=O)(O)c2cccc3cccnc23)cc1)N1CCN(Cc2ccccc2Cl)CC1. The summed E-state index contributed by atoms with van der Waals surface area (Å²) in [5.41, 5.74) is 2.57. The van der Waals surface area contributed by atoms with Gasteiger partial charge in [-0.3, -0.25) is 19.2 Å². The molecule has 1 atom stereocenters. The van der Waals surface area contributed by atoms with Crippen LogP contribution in [0, 0.1) is 0 Å². The molecule has 184 valence electrons. The smallest absolute Gasteiger partial charge is 0.323 e. The first-order valence-electron chi connectivity index (χ1n) is 11.7. The van der Waals surface area contributed by atoms with Crippen LogP contribution < -0.4 is 10.4 Å². The van der Waals surface area contributed by atoms with E-state index in [1.807, 2.05) is 41.3 Å². The van der Waals surface area contributed by atoms with E-state index in [9.17, 15) is 14.3 Å². The number of benzene rings is 3. The van der Waals surface area contributed by atoms with Crippen molar-refractivity contribution < 1.29 is 14.3 Å². The zero-order chi connectivity index (χ0) is 25.1. The second kappa shape index (κ2) is 10.4. The summed E-state index contributed by atoms with van der Waals surface area (Å²) in [6.07, 6.45) is 1.60. The predicted molar refractivity (Wildman–Crippen MR) is 144 cm³/mol. The Kier molecular flexibility index (Phi) is 7.08. The third-order valence-electron chi connectivity index (χ3n) is 6.36. The maximum Gasteiger partial charge on any atom is 0.323 e. The van der Waals surface area contributed by atoms with Gasteiger partial charge in [0, 0.05) is 60.6 Å². The standard InChI is InChI=1S/C27H26ClN4O3P/c28-24-8-2-1-5-22(24)19-31-15-17-32(18-16-31)27(33)21-10-12-23(13-11-21)30-36(34,35)25-9-3-6-20-7-4-14-29-26(20)25/h1-14H,15-19H2,(H2,30,34,35). The fraction of sp³-hybridized carbons (Fsp3) is 0.185. The third kappa shape index (κ3) is 5.30. The molecule has 3 aromatic carbocycles. The maximum atomic E-state index is 13.2. The Bertz CT molecular complexity index is 1430. The molecule has 1 aliphatic heterocycles. The summed E-state index contributed by atoms with van der Waals surface area (Å²) in [7, 11) is -3.94. The van der Waals surface area contributed by atoms with E-state index in [0.29, 0.717) is 29.9 Å². The van der Waals surface area contributed by atoms with Gasteiger partial charge < -0.3 is 14.9 Å². The van der Waals surface area contributed by atoms with E-state index in [-0.39, 0.29) is 11.2 Å². The number of carbonyl (C=O) groups is 1. The van der Waals surface area contributed by atoms with E-state index < -0.39 is 7.52 Å². The second-order valence-corrected chi connectivity index (χ2v) is 11.0. The van der Waals surface area contributed by atoms with Crippen molar-refractivity contribution in [3.05, 3.63) is 101 Å². The first-order valence-corrected chi connectivity index (χ1v) is 13.7. The topological polar surface area (TPSA) is 85.8 Å². The summed E-state index contributed by atoms with van der Waals surface area (Å²) < 4.78 is 13.2. The van der Waals surface area contributed by atoms with Gasteiger partial charge in [0.15, 0.2) is 0 Å². The molecule has 1 fully saturated rings. The number of halogens is 1. The molecule has 4 aromatic rings.